The largest absolute Gasteiger partial charge is 0.370 e. The minimum atomic E-state index is 0.855. The van der Waals surface area contributed by atoms with Gasteiger partial charge < -0.3 is 5.32 Å². The third-order valence-electron chi connectivity index (χ3n) is 2.92. The number of hydrogen-bond acceptors (Lipinski definition) is 4. The van der Waals surface area contributed by atoms with Gasteiger partial charge in [-0.05, 0) is 31.9 Å². The van der Waals surface area contributed by atoms with Gasteiger partial charge in [0.05, 0.1) is 5.69 Å². The molecule has 2 aromatic heterocycles. The summed E-state index contributed by atoms with van der Waals surface area (Å²) in [5, 5.41) is 3.26. The predicted molar refractivity (Wildman–Crippen MR) is 78.2 cm³/mol. The predicted octanol–water partition coefficient (Wildman–Crippen LogP) is 3.23. The zero-order chi connectivity index (χ0) is 13.7. The van der Waals surface area contributed by atoms with E-state index in [0.717, 1.165) is 42.3 Å². The van der Waals surface area contributed by atoms with Crippen LogP contribution in [0.5, 0.6) is 0 Å². The van der Waals surface area contributed by atoms with Crippen LogP contribution in [0.1, 0.15) is 31.7 Å². The number of aromatic nitrogens is 3. The molecule has 0 aromatic carbocycles. The van der Waals surface area contributed by atoms with Gasteiger partial charge >= 0.3 is 0 Å². The molecule has 0 radical (unpaired) electrons. The van der Waals surface area contributed by atoms with Crippen LogP contribution in [-0.2, 0) is 6.42 Å². The normalized spacial score (nSPS) is 10.5. The first-order valence-corrected chi connectivity index (χ1v) is 6.77. The second kappa shape index (κ2) is 6.27. The summed E-state index contributed by atoms with van der Waals surface area (Å²) in [5.41, 5.74) is 3.19. The van der Waals surface area contributed by atoms with Gasteiger partial charge in [-0.15, -0.1) is 0 Å². The minimum absolute atomic E-state index is 0.855. The maximum Gasteiger partial charge on any atom is 0.131 e. The second-order valence-electron chi connectivity index (χ2n) is 4.53. The van der Waals surface area contributed by atoms with Crippen molar-refractivity contribution >= 4 is 5.82 Å². The Morgan fingerprint density at radius 3 is 2.74 bits per heavy atom. The molecule has 0 saturated heterocycles. The minimum Gasteiger partial charge on any atom is -0.370 e. The Hall–Kier alpha value is -1.97. The van der Waals surface area contributed by atoms with Crippen LogP contribution >= 0.6 is 0 Å². The number of aryl methyl sites for hydroxylation is 2. The van der Waals surface area contributed by atoms with Crippen molar-refractivity contribution in [2.45, 2.75) is 33.6 Å². The molecule has 0 bridgehead atoms. The van der Waals surface area contributed by atoms with E-state index in [1.165, 1.54) is 5.56 Å². The van der Waals surface area contributed by atoms with Crippen molar-refractivity contribution in [2.24, 2.45) is 0 Å². The number of hydrogen-bond donors (Lipinski definition) is 1. The SMILES string of the molecule is CCCc1nc(NCC)cc(-c2cnccc2C)n1. The number of anilines is 1. The molecule has 0 saturated carbocycles. The number of nitrogens with one attached hydrogen (secondary N) is 1. The van der Waals surface area contributed by atoms with Crippen LogP contribution in [0.4, 0.5) is 5.82 Å². The first-order valence-electron chi connectivity index (χ1n) is 6.77. The lowest BCUT2D eigenvalue weighted by Gasteiger charge is -2.10. The molecular weight excluding hydrogens is 236 g/mol. The summed E-state index contributed by atoms with van der Waals surface area (Å²) in [4.78, 5) is 13.4. The summed E-state index contributed by atoms with van der Waals surface area (Å²) in [6.45, 7) is 7.13. The van der Waals surface area contributed by atoms with Gasteiger partial charge in [-0.3, -0.25) is 4.98 Å². The van der Waals surface area contributed by atoms with Gasteiger partial charge in [0.2, 0.25) is 0 Å². The van der Waals surface area contributed by atoms with Crippen molar-refractivity contribution in [1.82, 2.24) is 15.0 Å². The lowest BCUT2D eigenvalue weighted by Crippen LogP contribution is -2.05. The summed E-state index contributed by atoms with van der Waals surface area (Å²) >= 11 is 0. The Morgan fingerprint density at radius 1 is 1.21 bits per heavy atom. The average molecular weight is 256 g/mol. The van der Waals surface area contributed by atoms with Gasteiger partial charge in [-0.2, -0.15) is 0 Å². The molecule has 0 spiro atoms. The Morgan fingerprint density at radius 2 is 2.05 bits per heavy atom. The molecule has 19 heavy (non-hydrogen) atoms. The summed E-state index contributed by atoms with van der Waals surface area (Å²) in [7, 11) is 0. The first kappa shape index (κ1) is 13.5. The molecule has 0 amide bonds. The van der Waals surface area contributed by atoms with Crippen LogP contribution in [-0.4, -0.2) is 21.5 Å². The van der Waals surface area contributed by atoms with Crippen molar-refractivity contribution in [2.75, 3.05) is 11.9 Å². The fourth-order valence-corrected chi connectivity index (χ4v) is 1.97. The van der Waals surface area contributed by atoms with E-state index in [0.29, 0.717) is 0 Å². The van der Waals surface area contributed by atoms with E-state index in [4.69, 9.17) is 0 Å². The zero-order valence-corrected chi connectivity index (χ0v) is 11.8. The Bertz CT molecular complexity index is 527. The number of rotatable bonds is 5. The van der Waals surface area contributed by atoms with E-state index >= 15 is 0 Å². The van der Waals surface area contributed by atoms with Crippen LogP contribution in [0.2, 0.25) is 0 Å². The highest BCUT2D eigenvalue weighted by atomic mass is 15.0. The molecule has 100 valence electrons. The van der Waals surface area contributed by atoms with Crippen molar-refractivity contribution in [1.29, 1.82) is 0 Å². The fourth-order valence-electron chi connectivity index (χ4n) is 1.97. The summed E-state index contributed by atoms with van der Waals surface area (Å²) in [5.74, 6) is 1.78. The molecule has 0 atom stereocenters. The smallest absolute Gasteiger partial charge is 0.131 e. The van der Waals surface area contributed by atoms with Gasteiger partial charge in [0.15, 0.2) is 0 Å². The van der Waals surface area contributed by atoms with Crippen molar-refractivity contribution < 1.29 is 0 Å². The fraction of sp³-hybridized carbons (Fsp3) is 0.400. The molecule has 1 N–H and O–H groups in total. The number of nitrogens with zero attached hydrogens (tertiary/aromatic N) is 3. The van der Waals surface area contributed by atoms with Crippen LogP contribution < -0.4 is 5.32 Å². The lowest BCUT2D eigenvalue weighted by atomic mass is 10.1. The number of pyridine rings is 1. The van der Waals surface area contributed by atoms with E-state index in [1.54, 1.807) is 6.20 Å². The standard InChI is InChI=1S/C15H20N4/c1-4-6-14-18-13(9-15(19-14)17-5-2)12-10-16-8-7-11(12)3/h7-10H,4-6H2,1-3H3,(H,17,18,19). The molecule has 2 rings (SSSR count). The van der Waals surface area contributed by atoms with Crippen molar-refractivity contribution in [3.63, 3.8) is 0 Å². The monoisotopic (exact) mass is 256 g/mol. The molecule has 4 heteroatoms. The molecule has 2 aromatic rings. The molecule has 4 nitrogen and oxygen atoms in total. The lowest BCUT2D eigenvalue weighted by molar-refractivity contribution is 0.836. The Labute approximate surface area is 114 Å². The van der Waals surface area contributed by atoms with Crippen molar-refractivity contribution in [3.8, 4) is 11.3 Å². The highest BCUT2D eigenvalue weighted by molar-refractivity contribution is 5.65. The van der Waals surface area contributed by atoms with Crippen LogP contribution in [0.15, 0.2) is 24.5 Å². The van der Waals surface area contributed by atoms with Gasteiger partial charge in [0, 0.05) is 37.0 Å². The maximum atomic E-state index is 4.65. The van der Waals surface area contributed by atoms with Crippen LogP contribution in [0.3, 0.4) is 0 Å². The van der Waals surface area contributed by atoms with E-state index < -0.39 is 0 Å². The second-order valence-corrected chi connectivity index (χ2v) is 4.53. The highest BCUT2D eigenvalue weighted by Gasteiger charge is 2.08. The Balaban J connectivity index is 2.46. The van der Waals surface area contributed by atoms with E-state index in [-0.39, 0.29) is 0 Å². The molecule has 0 unspecified atom stereocenters. The summed E-state index contributed by atoms with van der Waals surface area (Å²) in [6, 6.07) is 4.00. The average Bonchev–Trinajstić information content (AvgIpc) is 2.40. The molecule has 0 aliphatic carbocycles. The molecule has 2 heterocycles. The molecule has 0 aliphatic rings. The molecule has 0 aliphatic heterocycles. The molecule has 0 fully saturated rings. The quantitative estimate of drug-likeness (QED) is 0.892. The van der Waals surface area contributed by atoms with Gasteiger partial charge in [0.25, 0.3) is 0 Å². The molecular formula is C15H20N4. The third-order valence-corrected chi connectivity index (χ3v) is 2.92. The van der Waals surface area contributed by atoms with E-state index in [1.807, 2.05) is 18.3 Å². The van der Waals surface area contributed by atoms with Gasteiger partial charge in [0.1, 0.15) is 11.6 Å². The third kappa shape index (κ3) is 3.28. The maximum absolute atomic E-state index is 4.65. The van der Waals surface area contributed by atoms with Crippen LogP contribution in [0, 0.1) is 6.92 Å². The highest BCUT2D eigenvalue weighted by Crippen LogP contribution is 2.22. The first-order chi connectivity index (χ1) is 9.24. The summed E-state index contributed by atoms with van der Waals surface area (Å²) in [6.07, 6.45) is 5.61. The van der Waals surface area contributed by atoms with E-state index in [2.05, 4.69) is 41.0 Å². The van der Waals surface area contributed by atoms with Gasteiger partial charge in [-0.25, -0.2) is 9.97 Å². The van der Waals surface area contributed by atoms with Gasteiger partial charge in [-0.1, -0.05) is 6.92 Å². The topological polar surface area (TPSA) is 50.7 Å². The van der Waals surface area contributed by atoms with E-state index in [9.17, 15) is 0 Å². The Kier molecular flexibility index (Phi) is 4.44. The zero-order valence-electron chi connectivity index (χ0n) is 11.8. The van der Waals surface area contributed by atoms with Crippen LogP contribution in [0.25, 0.3) is 11.3 Å². The van der Waals surface area contributed by atoms with Crippen molar-refractivity contribution in [3.05, 3.63) is 35.9 Å². The summed E-state index contributed by atoms with van der Waals surface area (Å²) < 4.78 is 0.